The number of hydrogen-bond acceptors (Lipinski definition) is 5. The number of nitrogens with two attached hydrogens (primary N) is 2. The summed E-state index contributed by atoms with van der Waals surface area (Å²) in [5.74, 6) is 0. The predicted octanol–water partition coefficient (Wildman–Crippen LogP) is -1.20. The molecule has 0 atom stereocenters. The molecule has 5 nitrogen and oxygen atoms in total. The van der Waals surface area contributed by atoms with Crippen molar-refractivity contribution in [2.75, 3.05) is 11.5 Å². The first-order chi connectivity index (χ1) is 5.52. The Morgan fingerprint density at radius 3 is 1.50 bits per heavy atom. The van der Waals surface area contributed by atoms with Gasteiger partial charge in [-0.05, 0) is 18.2 Å². The molecule has 0 saturated heterocycles. The Bertz CT molecular complexity index is 212. The van der Waals surface area contributed by atoms with Crippen LogP contribution in [-0.4, -0.2) is 22.4 Å². The highest BCUT2D eigenvalue weighted by Crippen LogP contribution is 2.06. The Labute approximate surface area is 70.4 Å². The number of nitrogen functional groups attached to an aromatic ring is 2. The van der Waals surface area contributed by atoms with E-state index >= 15 is 0 Å². The zero-order chi connectivity index (χ0) is 9.56. The fourth-order valence-corrected chi connectivity index (χ4v) is 0.559. The molecule has 12 heavy (non-hydrogen) atoms. The van der Waals surface area contributed by atoms with Gasteiger partial charge in [-0.1, -0.05) is 6.07 Å². The summed E-state index contributed by atoms with van der Waals surface area (Å²) in [5, 5.41) is 21.5. The van der Waals surface area contributed by atoms with Gasteiger partial charge in [-0.15, -0.1) is 0 Å². The van der Waals surface area contributed by atoms with Crippen LogP contribution in [0.5, 0.6) is 0 Å². The Kier molecular flexibility index (Phi) is 4.86. The maximum absolute atomic E-state index is 7.17. The summed E-state index contributed by atoms with van der Waals surface area (Å²) in [4.78, 5) is 0. The van der Waals surface area contributed by atoms with Crippen LogP contribution in [0.2, 0.25) is 0 Å². The van der Waals surface area contributed by atoms with Crippen LogP contribution < -0.4 is 11.5 Å². The van der Waals surface area contributed by atoms with Gasteiger partial charge in [0.2, 0.25) is 0 Å². The van der Waals surface area contributed by atoms with Crippen LogP contribution in [0.1, 0.15) is 0 Å². The van der Waals surface area contributed by atoms with Crippen molar-refractivity contribution >= 4 is 18.7 Å². The van der Waals surface area contributed by atoms with E-state index in [4.69, 9.17) is 26.5 Å². The first-order valence-electron chi connectivity index (χ1n) is 3.17. The van der Waals surface area contributed by atoms with E-state index in [1.165, 1.54) is 0 Å². The minimum atomic E-state index is -2.17. The fraction of sp³-hybridized carbons (Fsp3) is 0. The number of benzene rings is 1. The normalized spacial score (nSPS) is 8.25. The van der Waals surface area contributed by atoms with E-state index in [9.17, 15) is 0 Å². The Hall–Kier alpha value is -1.24. The molecule has 1 aromatic rings. The molecule has 0 amide bonds. The molecule has 6 heteroatoms. The summed E-state index contributed by atoms with van der Waals surface area (Å²) in [5.41, 5.74) is 12.2. The summed E-state index contributed by atoms with van der Waals surface area (Å²) < 4.78 is 0. The smallest absolute Gasteiger partial charge is 0.402 e. The largest absolute Gasteiger partial charge is 0.631 e. The van der Waals surface area contributed by atoms with Gasteiger partial charge >= 0.3 is 7.32 Å². The van der Waals surface area contributed by atoms with Gasteiger partial charge in [0, 0.05) is 11.4 Å². The van der Waals surface area contributed by atoms with Crippen LogP contribution >= 0.6 is 0 Å². The summed E-state index contributed by atoms with van der Waals surface area (Å²) in [7, 11) is -2.17. The van der Waals surface area contributed by atoms with Gasteiger partial charge in [-0.3, -0.25) is 0 Å². The van der Waals surface area contributed by atoms with Gasteiger partial charge < -0.3 is 26.5 Å². The van der Waals surface area contributed by atoms with Crippen molar-refractivity contribution in [3.8, 4) is 0 Å². The van der Waals surface area contributed by atoms with Crippen molar-refractivity contribution in [1.82, 2.24) is 0 Å². The van der Waals surface area contributed by atoms with Crippen LogP contribution in [0.4, 0.5) is 11.4 Å². The lowest BCUT2D eigenvalue weighted by atomic mass is 10.3. The maximum atomic E-state index is 7.17. The minimum absolute atomic E-state index is 0.713. The molecule has 0 aliphatic heterocycles. The molecular weight excluding hydrogens is 159 g/mol. The molecule has 0 aromatic heterocycles. The lowest BCUT2D eigenvalue weighted by Gasteiger charge is -1.91. The topological polar surface area (TPSA) is 113 Å². The molecule has 0 aliphatic carbocycles. The number of hydrogen-bond donors (Lipinski definition) is 5. The average Bonchev–Trinajstić information content (AvgIpc) is 1.84. The molecule has 0 heterocycles. The molecule has 66 valence electrons. The standard InChI is InChI=1S/C6H8N2.BH3O3/c7-5-2-1-3-6(8)4-5;2-1(3)4/h1-4H,7-8H2;2-4H. The van der Waals surface area contributed by atoms with E-state index in [-0.39, 0.29) is 0 Å². The zero-order valence-electron chi connectivity index (χ0n) is 6.38. The predicted molar refractivity (Wildman–Crippen MR) is 47.7 cm³/mol. The second-order valence-electron chi connectivity index (χ2n) is 2.02. The van der Waals surface area contributed by atoms with Crippen LogP contribution in [0.25, 0.3) is 0 Å². The third kappa shape index (κ3) is 6.88. The van der Waals surface area contributed by atoms with E-state index in [1.54, 1.807) is 18.2 Å². The van der Waals surface area contributed by atoms with E-state index in [1.807, 2.05) is 6.07 Å². The van der Waals surface area contributed by atoms with Crippen molar-refractivity contribution in [1.29, 1.82) is 0 Å². The molecule has 0 unspecified atom stereocenters. The van der Waals surface area contributed by atoms with Crippen molar-refractivity contribution in [2.24, 2.45) is 0 Å². The van der Waals surface area contributed by atoms with Crippen LogP contribution in [0.15, 0.2) is 24.3 Å². The molecule has 0 saturated carbocycles. The molecule has 0 radical (unpaired) electrons. The van der Waals surface area contributed by atoms with Gasteiger partial charge in [0.15, 0.2) is 0 Å². The second-order valence-corrected chi connectivity index (χ2v) is 2.02. The maximum Gasteiger partial charge on any atom is 0.631 e. The fourth-order valence-electron chi connectivity index (χ4n) is 0.559. The monoisotopic (exact) mass is 170 g/mol. The third-order valence-electron chi connectivity index (χ3n) is 0.911. The van der Waals surface area contributed by atoms with Gasteiger partial charge in [0.05, 0.1) is 0 Å². The van der Waals surface area contributed by atoms with Gasteiger partial charge in [0.1, 0.15) is 0 Å². The van der Waals surface area contributed by atoms with Crippen molar-refractivity contribution < 1.29 is 15.1 Å². The summed E-state index contributed by atoms with van der Waals surface area (Å²) in [6, 6.07) is 7.15. The van der Waals surface area contributed by atoms with E-state index in [0.717, 1.165) is 0 Å². The van der Waals surface area contributed by atoms with E-state index in [2.05, 4.69) is 0 Å². The summed E-state index contributed by atoms with van der Waals surface area (Å²) in [6.07, 6.45) is 0. The van der Waals surface area contributed by atoms with Crippen LogP contribution in [0.3, 0.4) is 0 Å². The average molecular weight is 170 g/mol. The minimum Gasteiger partial charge on any atom is -0.402 e. The molecule has 0 spiro atoms. The molecular formula is C6H11BN2O3. The summed E-state index contributed by atoms with van der Waals surface area (Å²) in [6.45, 7) is 0. The highest BCUT2D eigenvalue weighted by molar-refractivity contribution is 6.30. The lowest BCUT2D eigenvalue weighted by molar-refractivity contribution is 0.278. The quantitative estimate of drug-likeness (QED) is 0.248. The van der Waals surface area contributed by atoms with E-state index in [0.29, 0.717) is 11.4 Å². The SMILES string of the molecule is Nc1cccc(N)c1.OB(O)O. The Morgan fingerprint density at radius 2 is 1.33 bits per heavy atom. The highest BCUT2D eigenvalue weighted by atomic mass is 16.5. The van der Waals surface area contributed by atoms with E-state index < -0.39 is 7.32 Å². The molecule has 7 N–H and O–H groups in total. The summed E-state index contributed by atoms with van der Waals surface area (Å²) >= 11 is 0. The lowest BCUT2D eigenvalue weighted by Crippen LogP contribution is -2.07. The Balaban J connectivity index is 0.000000261. The third-order valence-corrected chi connectivity index (χ3v) is 0.911. The molecule has 0 aliphatic rings. The van der Waals surface area contributed by atoms with Gasteiger partial charge in [0.25, 0.3) is 0 Å². The van der Waals surface area contributed by atoms with Crippen molar-refractivity contribution in [3.63, 3.8) is 0 Å². The van der Waals surface area contributed by atoms with Crippen LogP contribution in [0, 0.1) is 0 Å². The molecule has 0 bridgehead atoms. The first-order valence-corrected chi connectivity index (χ1v) is 3.17. The Morgan fingerprint density at radius 1 is 1.00 bits per heavy atom. The number of anilines is 2. The first kappa shape index (κ1) is 10.8. The van der Waals surface area contributed by atoms with Crippen molar-refractivity contribution in [2.45, 2.75) is 0 Å². The molecule has 1 aromatic carbocycles. The van der Waals surface area contributed by atoms with Crippen LogP contribution in [-0.2, 0) is 0 Å². The second kappa shape index (κ2) is 5.42. The highest BCUT2D eigenvalue weighted by Gasteiger charge is 1.92. The van der Waals surface area contributed by atoms with Gasteiger partial charge in [-0.25, -0.2) is 0 Å². The zero-order valence-corrected chi connectivity index (χ0v) is 6.38. The van der Waals surface area contributed by atoms with Crippen molar-refractivity contribution in [3.05, 3.63) is 24.3 Å². The molecule has 0 fully saturated rings. The molecule has 1 rings (SSSR count). The number of rotatable bonds is 0. The van der Waals surface area contributed by atoms with Gasteiger partial charge in [-0.2, -0.15) is 0 Å².